The summed E-state index contributed by atoms with van der Waals surface area (Å²) in [6.45, 7) is 2.58. The molecule has 0 aliphatic heterocycles. The molecule has 0 radical (unpaired) electrons. The largest absolute Gasteiger partial charge is 0.296 e. The van der Waals surface area contributed by atoms with Gasteiger partial charge in [0.05, 0.1) is 5.69 Å². The molecule has 3 heterocycles. The van der Waals surface area contributed by atoms with Crippen molar-refractivity contribution >= 4 is 22.4 Å². The Morgan fingerprint density at radius 3 is 2.95 bits per heavy atom. The van der Waals surface area contributed by atoms with Gasteiger partial charge in [-0.1, -0.05) is 6.07 Å². The molecule has 3 aromatic heterocycles. The van der Waals surface area contributed by atoms with Gasteiger partial charge in [-0.15, -0.1) is 11.3 Å². The summed E-state index contributed by atoms with van der Waals surface area (Å²) in [6.07, 6.45) is 3.33. The number of aryl methyl sites for hydroxylation is 1. The number of hydrogen-bond acceptors (Lipinski definition) is 5. The van der Waals surface area contributed by atoms with Gasteiger partial charge in [0, 0.05) is 24.3 Å². The predicted molar refractivity (Wildman–Crippen MR) is 81.2 cm³/mol. The molecule has 0 unspecified atom stereocenters. The van der Waals surface area contributed by atoms with Gasteiger partial charge < -0.3 is 0 Å². The predicted octanol–water partition coefficient (Wildman–Crippen LogP) is 2.67. The standard InChI is InChI=1S/C14H13N5OS/c1-2-19-12(6-8-16-19)13(20)18-14-17-11(9-21-14)10-5-3-4-7-15-10/h3-9H,2H2,1H3,(H,17,18,20). The van der Waals surface area contributed by atoms with Gasteiger partial charge >= 0.3 is 0 Å². The second-order valence-electron chi connectivity index (χ2n) is 4.24. The Hall–Kier alpha value is -2.54. The molecule has 1 N–H and O–H groups in total. The number of nitrogens with one attached hydrogen (secondary N) is 1. The lowest BCUT2D eigenvalue weighted by molar-refractivity contribution is 0.101. The third kappa shape index (κ3) is 2.82. The van der Waals surface area contributed by atoms with Gasteiger partial charge in [0.25, 0.3) is 5.91 Å². The quantitative estimate of drug-likeness (QED) is 0.804. The SMILES string of the molecule is CCn1nccc1C(=O)Nc1nc(-c2ccccn2)cs1. The average molecular weight is 299 g/mol. The van der Waals surface area contributed by atoms with Crippen LogP contribution in [0, 0.1) is 0 Å². The molecular weight excluding hydrogens is 286 g/mol. The first-order valence-electron chi connectivity index (χ1n) is 6.48. The lowest BCUT2D eigenvalue weighted by Gasteiger charge is -2.03. The third-order valence-electron chi connectivity index (χ3n) is 2.90. The van der Waals surface area contributed by atoms with Crippen LogP contribution in [-0.2, 0) is 6.54 Å². The molecule has 7 heteroatoms. The average Bonchev–Trinajstić information content (AvgIpc) is 3.16. The summed E-state index contributed by atoms with van der Waals surface area (Å²) in [6, 6.07) is 7.32. The number of rotatable bonds is 4. The minimum absolute atomic E-state index is 0.212. The van der Waals surface area contributed by atoms with Crippen molar-refractivity contribution in [1.82, 2.24) is 19.7 Å². The fourth-order valence-corrected chi connectivity index (χ4v) is 2.60. The van der Waals surface area contributed by atoms with Gasteiger partial charge in [0.1, 0.15) is 11.4 Å². The Bertz CT molecular complexity index is 750. The van der Waals surface area contributed by atoms with E-state index in [4.69, 9.17) is 0 Å². The molecule has 6 nitrogen and oxygen atoms in total. The monoisotopic (exact) mass is 299 g/mol. The molecule has 0 aliphatic rings. The maximum atomic E-state index is 12.2. The molecule has 21 heavy (non-hydrogen) atoms. The van der Waals surface area contributed by atoms with Crippen LogP contribution in [-0.4, -0.2) is 25.7 Å². The molecule has 106 valence electrons. The van der Waals surface area contributed by atoms with Gasteiger partial charge in [-0.25, -0.2) is 4.98 Å². The van der Waals surface area contributed by atoms with Crippen LogP contribution in [0.2, 0.25) is 0 Å². The maximum Gasteiger partial charge on any atom is 0.275 e. The molecular formula is C14H13N5OS. The van der Waals surface area contributed by atoms with Crippen LogP contribution in [0.4, 0.5) is 5.13 Å². The van der Waals surface area contributed by atoms with Gasteiger partial charge in [-0.3, -0.25) is 19.8 Å². The third-order valence-corrected chi connectivity index (χ3v) is 3.66. The van der Waals surface area contributed by atoms with Crippen molar-refractivity contribution in [2.45, 2.75) is 13.5 Å². The number of aromatic nitrogens is 4. The Labute approximate surface area is 125 Å². The first kappa shape index (κ1) is 13.4. The topological polar surface area (TPSA) is 72.7 Å². The van der Waals surface area contributed by atoms with E-state index >= 15 is 0 Å². The number of pyridine rings is 1. The molecule has 3 rings (SSSR count). The summed E-state index contributed by atoms with van der Waals surface area (Å²) in [5.74, 6) is -0.212. The van der Waals surface area contributed by atoms with Crippen molar-refractivity contribution in [3.63, 3.8) is 0 Å². The first-order valence-corrected chi connectivity index (χ1v) is 7.36. The highest BCUT2D eigenvalue weighted by Gasteiger charge is 2.13. The van der Waals surface area contributed by atoms with E-state index in [0.29, 0.717) is 17.4 Å². The van der Waals surface area contributed by atoms with Gasteiger partial charge in [-0.05, 0) is 25.1 Å². The maximum absolute atomic E-state index is 12.2. The second kappa shape index (κ2) is 5.84. The molecule has 0 atom stereocenters. The number of anilines is 1. The number of nitrogens with zero attached hydrogens (tertiary/aromatic N) is 4. The summed E-state index contributed by atoms with van der Waals surface area (Å²) >= 11 is 1.37. The first-order chi connectivity index (χ1) is 10.3. The van der Waals surface area contributed by atoms with Crippen molar-refractivity contribution < 1.29 is 4.79 Å². The van der Waals surface area contributed by atoms with E-state index in [9.17, 15) is 4.79 Å². The molecule has 0 spiro atoms. The van der Waals surface area contributed by atoms with Gasteiger partial charge in [-0.2, -0.15) is 5.10 Å². The molecule has 0 aliphatic carbocycles. The second-order valence-corrected chi connectivity index (χ2v) is 5.10. The highest BCUT2D eigenvalue weighted by Crippen LogP contribution is 2.23. The van der Waals surface area contributed by atoms with Crippen LogP contribution >= 0.6 is 11.3 Å². The Balaban J connectivity index is 1.77. The van der Waals surface area contributed by atoms with Crippen molar-refractivity contribution in [3.05, 3.63) is 47.7 Å². The lowest BCUT2D eigenvalue weighted by atomic mass is 10.3. The Morgan fingerprint density at radius 2 is 2.19 bits per heavy atom. The zero-order valence-electron chi connectivity index (χ0n) is 11.4. The van der Waals surface area contributed by atoms with E-state index in [1.807, 2.05) is 30.5 Å². The molecule has 0 bridgehead atoms. The number of thiazole rings is 1. The normalized spacial score (nSPS) is 10.5. The summed E-state index contributed by atoms with van der Waals surface area (Å²) < 4.78 is 1.64. The lowest BCUT2D eigenvalue weighted by Crippen LogP contribution is -2.17. The van der Waals surface area contributed by atoms with E-state index in [0.717, 1.165) is 11.4 Å². The summed E-state index contributed by atoms with van der Waals surface area (Å²) in [7, 11) is 0. The highest BCUT2D eigenvalue weighted by molar-refractivity contribution is 7.14. The van der Waals surface area contributed by atoms with Crippen LogP contribution in [0.1, 0.15) is 17.4 Å². The fraction of sp³-hybridized carbons (Fsp3) is 0.143. The molecule has 0 saturated carbocycles. The Kier molecular flexibility index (Phi) is 3.74. The summed E-state index contributed by atoms with van der Waals surface area (Å²) in [5, 5.41) is 9.28. The van der Waals surface area contributed by atoms with Crippen LogP contribution < -0.4 is 5.32 Å². The zero-order chi connectivity index (χ0) is 14.7. The molecule has 1 amide bonds. The minimum Gasteiger partial charge on any atom is -0.296 e. The van der Waals surface area contributed by atoms with E-state index < -0.39 is 0 Å². The van der Waals surface area contributed by atoms with Crippen LogP contribution in [0.3, 0.4) is 0 Å². The summed E-state index contributed by atoms with van der Waals surface area (Å²) in [4.78, 5) is 20.8. The molecule has 0 aromatic carbocycles. The Morgan fingerprint density at radius 1 is 1.29 bits per heavy atom. The van der Waals surface area contributed by atoms with E-state index in [-0.39, 0.29) is 5.91 Å². The molecule has 0 fully saturated rings. The van der Waals surface area contributed by atoms with E-state index in [2.05, 4.69) is 20.4 Å². The van der Waals surface area contributed by atoms with E-state index in [1.165, 1.54) is 11.3 Å². The van der Waals surface area contributed by atoms with Crippen molar-refractivity contribution in [1.29, 1.82) is 0 Å². The van der Waals surface area contributed by atoms with Gasteiger partial charge in [0.2, 0.25) is 0 Å². The zero-order valence-corrected chi connectivity index (χ0v) is 12.2. The van der Waals surface area contributed by atoms with Crippen molar-refractivity contribution in [2.24, 2.45) is 0 Å². The molecule has 3 aromatic rings. The van der Waals surface area contributed by atoms with Crippen LogP contribution in [0.5, 0.6) is 0 Å². The van der Waals surface area contributed by atoms with Crippen LogP contribution in [0.15, 0.2) is 42.0 Å². The van der Waals surface area contributed by atoms with Gasteiger partial charge in [0.15, 0.2) is 5.13 Å². The minimum atomic E-state index is -0.212. The number of amides is 1. The highest BCUT2D eigenvalue weighted by atomic mass is 32.1. The number of carbonyl (C=O) groups is 1. The fourth-order valence-electron chi connectivity index (χ4n) is 1.90. The van der Waals surface area contributed by atoms with Crippen molar-refractivity contribution in [3.8, 4) is 11.4 Å². The van der Waals surface area contributed by atoms with Crippen LogP contribution in [0.25, 0.3) is 11.4 Å². The number of carbonyl (C=O) groups excluding carboxylic acids is 1. The summed E-state index contributed by atoms with van der Waals surface area (Å²) in [5.41, 5.74) is 2.06. The van der Waals surface area contributed by atoms with Crippen molar-refractivity contribution in [2.75, 3.05) is 5.32 Å². The smallest absolute Gasteiger partial charge is 0.275 e. The van der Waals surface area contributed by atoms with E-state index in [1.54, 1.807) is 23.1 Å². The number of hydrogen-bond donors (Lipinski definition) is 1. The molecule has 0 saturated heterocycles.